The number of aromatic hydroxyl groups is 1. The van der Waals surface area contributed by atoms with E-state index in [-0.39, 0.29) is 35.6 Å². The lowest BCUT2D eigenvalue weighted by atomic mass is 9.89. The Hall–Kier alpha value is -5.99. The summed E-state index contributed by atoms with van der Waals surface area (Å²) in [6.45, 7) is 9.32. The van der Waals surface area contributed by atoms with E-state index < -0.39 is 59.8 Å². The molecule has 3 aliphatic heterocycles. The van der Waals surface area contributed by atoms with Crippen molar-refractivity contribution in [1.29, 1.82) is 0 Å². The molecule has 1 saturated heterocycles. The first kappa shape index (κ1) is 44.1. The number of esters is 3. The Morgan fingerprint density at radius 3 is 2.24 bits per heavy atom. The van der Waals surface area contributed by atoms with Crippen LogP contribution < -0.4 is 29.6 Å². The Balaban J connectivity index is 0.000000261. The molecule has 2 amide bonds. The zero-order valence-electron chi connectivity index (χ0n) is 34.5. The molecule has 0 aliphatic carbocycles. The molecule has 0 bridgehead atoms. The normalized spacial score (nSPS) is 22.9. The Labute approximate surface area is 344 Å². The molecule has 3 aliphatic rings. The lowest BCUT2D eigenvalue weighted by Gasteiger charge is -2.29. The number of nitrogens with one attached hydrogen (secondary N) is 2. The monoisotopic (exact) mass is 818 g/mol. The number of unbranched alkanes of at least 4 members (excludes halogenated alkanes) is 2. The highest BCUT2D eigenvalue weighted by atomic mass is 16.6. The van der Waals surface area contributed by atoms with Crippen LogP contribution in [0.4, 0.5) is 5.69 Å². The molecule has 3 aromatic carbocycles. The van der Waals surface area contributed by atoms with Crippen LogP contribution in [0.1, 0.15) is 100 Å². The maximum atomic E-state index is 13.3. The summed E-state index contributed by atoms with van der Waals surface area (Å²) in [7, 11) is 3.32. The number of carbonyl (C=O) groups is 5. The van der Waals surface area contributed by atoms with E-state index in [1.807, 2.05) is 51.1 Å². The minimum Gasteiger partial charge on any atom is -0.505 e. The summed E-state index contributed by atoms with van der Waals surface area (Å²) in [5, 5.41) is 15.1. The second kappa shape index (κ2) is 20.1. The van der Waals surface area contributed by atoms with Gasteiger partial charge in [-0.2, -0.15) is 0 Å². The number of rotatable bonds is 13. The molecule has 1 fully saturated rings. The standard InChI is InChI=1S/C27H38N2O9.C17H16O4/c1-6-7-8-10-19-24(38-21(31)13-15(2)3)17(5)37-27(35)22(16(4)36-26(19)34)29-25(33)18-11-9-12-20(23(18)32)28-14-30;1-18-10-4-6-13-15(7-10)20-9-14-12-5-3-11(19-2)8-16(12)21-17(13)14/h9,11-12,14-17,19,22,24,32H,6-8,10,13H2,1-5H3,(H,28,30)(H,29,33);3-8,14,17H,9H2,1-2H3. The number of fused-ring (bicyclic) bond motifs is 5. The summed E-state index contributed by atoms with van der Waals surface area (Å²) in [6.07, 6.45) is 0.0655. The van der Waals surface area contributed by atoms with Crippen LogP contribution in [0.25, 0.3) is 0 Å². The molecule has 3 heterocycles. The number of benzene rings is 3. The third-order valence-corrected chi connectivity index (χ3v) is 10.4. The fraction of sp³-hybridized carbons (Fsp3) is 0.477. The van der Waals surface area contributed by atoms with E-state index in [2.05, 4.69) is 16.7 Å². The van der Waals surface area contributed by atoms with Crippen LogP contribution in [-0.4, -0.2) is 80.5 Å². The zero-order valence-corrected chi connectivity index (χ0v) is 34.5. The second-order valence-electron chi connectivity index (χ2n) is 15.1. The van der Waals surface area contributed by atoms with Crippen molar-refractivity contribution in [3.63, 3.8) is 0 Å². The summed E-state index contributed by atoms with van der Waals surface area (Å²) in [5.74, 6) is -0.713. The summed E-state index contributed by atoms with van der Waals surface area (Å²) < 4.78 is 39.4. The third kappa shape index (κ3) is 10.6. The van der Waals surface area contributed by atoms with Crippen LogP contribution in [0.2, 0.25) is 0 Å². The maximum Gasteiger partial charge on any atom is 0.332 e. The number of methoxy groups -OCH3 is 2. The first-order chi connectivity index (χ1) is 28.3. The van der Waals surface area contributed by atoms with Gasteiger partial charge in [0.05, 0.1) is 43.9 Å². The number of phenolic OH excluding ortho intramolecular Hbond substituents is 1. The number of hydrogen-bond donors (Lipinski definition) is 3. The lowest BCUT2D eigenvalue weighted by Crippen LogP contribution is -2.50. The molecular weight excluding hydrogens is 764 g/mol. The van der Waals surface area contributed by atoms with Gasteiger partial charge in [0.15, 0.2) is 17.9 Å². The zero-order chi connectivity index (χ0) is 42.8. The van der Waals surface area contributed by atoms with Crippen LogP contribution in [-0.2, 0) is 33.4 Å². The van der Waals surface area contributed by atoms with Gasteiger partial charge in [-0.1, -0.05) is 52.2 Å². The number of carbonyl (C=O) groups excluding carboxylic acids is 5. The van der Waals surface area contributed by atoms with Crippen molar-refractivity contribution in [3.8, 4) is 28.7 Å². The lowest BCUT2D eigenvalue weighted by molar-refractivity contribution is -0.175. The van der Waals surface area contributed by atoms with E-state index in [0.717, 1.165) is 41.4 Å². The third-order valence-electron chi connectivity index (χ3n) is 10.4. The number of ether oxygens (including phenoxy) is 7. The van der Waals surface area contributed by atoms with E-state index in [1.54, 1.807) is 14.2 Å². The SMILES string of the molecule is CCCCCC1C(=O)OC(C)C(NC(=O)c2cccc(NC=O)c2O)C(=O)OC(C)C1OC(=O)CC(C)C.COc1ccc2c(c1)OC1c3ccc(OC)cc3OCC21. The van der Waals surface area contributed by atoms with Crippen molar-refractivity contribution in [1.82, 2.24) is 5.32 Å². The van der Waals surface area contributed by atoms with Crippen molar-refractivity contribution in [2.45, 2.75) is 103 Å². The van der Waals surface area contributed by atoms with Gasteiger partial charge in [0.2, 0.25) is 6.41 Å². The van der Waals surface area contributed by atoms with Crippen LogP contribution in [0.5, 0.6) is 28.7 Å². The molecule has 7 atom stereocenters. The van der Waals surface area contributed by atoms with Crippen molar-refractivity contribution < 1.29 is 62.2 Å². The molecule has 15 heteroatoms. The highest BCUT2D eigenvalue weighted by Gasteiger charge is 2.44. The minimum absolute atomic E-state index is 0.00114. The Morgan fingerprint density at radius 2 is 1.58 bits per heavy atom. The summed E-state index contributed by atoms with van der Waals surface area (Å²) in [5.41, 5.74) is 2.04. The highest BCUT2D eigenvalue weighted by molar-refractivity contribution is 6.01. The first-order valence-electron chi connectivity index (χ1n) is 19.9. The number of para-hydroxylation sites is 1. The molecule has 15 nitrogen and oxygen atoms in total. The van der Waals surface area contributed by atoms with Crippen LogP contribution in [0, 0.1) is 11.8 Å². The van der Waals surface area contributed by atoms with Gasteiger partial charge in [-0.15, -0.1) is 0 Å². The van der Waals surface area contributed by atoms with E-state index in [9.17, 15) is 29.1 Å². The first-order valence-corrected chi connectivity index (χ1v) is 19.9. The van der Waals surface area contributed by atoms with Gasteiger partial charge in [0.1, 0.15) is 41.3 Å². The molecule has 0 spiro atoms. The summed E-state index contributed by atoms with van der Waals surface area (Å²) in [4.78, 5) is 62.7. The topological polar surface area (TPSA) is 194 Å². The largest absolute Gasteiger partial charge is 0.505 e. The smallest absolute Gasteiger partial charge is 0.332 e. The summed E-state index contributed by atoms with van der Waals surface area (Å²) in [6, 6.07) is 14.6. The molecule has 3 N–H and O–H groups in total. The Kier molecular flexibility index (Phi) is 15.0. The van der Waals surface area contributed by atoms with Crippen LogP contribution in [0.15, 0.2) is 54.6 Å². The van der Waals surface area contributed by atoms with Crippen molar-refractivity contribution in [2.75, 3.05) is 26.1 Å². The molecular formula is C44H54N2O13. The van der Waals surface area contributed by atoms with Crippen molar-refractivity contribution in [2.24, 2.45) is 11.8 Å². The fourth-order valence-corrected chi connectivity index (χ4v) is 7.30. The Morgan fingerprint density at radius 1 is 0.898 bits per heavy atom. The minimum atomic E-state index is -1.42. The quantitative estimate of drug-likeness (QED) is 0.0564. The number of amides is 2. The van der Waals surface area contributed by atoms with Crippen molar-refractivity contribution in [3.05, 3.63) is 71.3 Å². The predicted octanol–water partition coefficient (Wildman–Crippen LogP) is 6.40. The number of phenols is 1. The number of anilines is 1. The molecule has 0 aromatic heterocycles. The predicted molar refractivity (Wildman–Crippen MR) is 215 cm³/mol. The number of hydrogen-bond acceptors (Lipinski definition) is 13. The van der Waals surface area contributed by atoms with E-state index >= 15 is 0 Å². The van der Waals surface area contributed by atoms with E-state index in [0.29, 0.717) is 25.9 Å². The fourth-order valence-electron chi connectivity index (χ4n) is 7.30. The van der Waals surface area contributed by atoms with Crippen molar-refractivity contribution >= 4 is 35.9 Å². The molecule has 6 rings (SSSR count). The van der Waals surface area contributed by atoms with E-state index in [1.165, 1.54) is 37.6 Å². The average molecular weight is 819 g/mol. The maximum absolute atomic E-state index is 13.3. The Bertz CT molecular complexity index is 1980. The van der Waals surface area contributed by atoms with Crippen LogP contribution in [0.3, 0.4) is 0 Å². The van der Waals surface area contributed by atoms with Gasteiger partial charge < -0.3 is 48.9 Å². The number of cyclic esters (lactones) is 2. The molecule has 7 unspecified atom stereocenters. The molecule has 59 heavy (non-hydrogen) atoms. The van der Waals surface area contributed by atoms with Gasteiger partial charge in [0.25, 0.3) is 5.91 Å². The van der Waals surface area contributed by atoms with E-state index in [4.69, 9.17) is 33.2 Å². The van der Waals surface area contributed by atoms with Gasteiger partial charge in [-0.3, -0.25) is 19.2 Å². The van der Waals surface area contributed by atoms with Crippen LogP contribution >= 0.6 is 0 Å². The molecule has 318 valence electrons. The summed E-state index contributed by atoms with van der Waals surface area (Å²) >= 11 is 0. The molecule has 0 saturated carbocycles. The highest BCUT2D eigenvalue weighted by Crippen LogP contribution is 2.52. The van der Waals surface area contributed by atoms with Gasteiger partial charge >= 0.3 is 17.9 Å². The molecule has 3 aromatic rings. The van der Waals surface area contributed by atoms with Gasteiger partial charge in [-0.25, -0.2) is 4.79 Å². The second-order valence-corrected chi connectivity index (χ2v) is 15.1. The van der Waals surface area contributed by atoms with Gasteiger partial charge in [0, 0.05) is 29.7 Å². The molecule has 0 radical (unpaired) electrons. The average Bonchev–Trinajstić information content (AvgIpc) is 3.59. The van der Waals surface area contributed by atoms with Gasteiger partial charge in [-0.05, 0) is 56.5 Å².